The van der Waals surface area contributed by atoms with E-state index in [4.69, 9.17) is 23.2 Å². The van der Waals surface area contributed by atoms with Gasteiger partial charge in [-0.3, -0.25) is 4.79 Å². The summed E-state index contributed by atoms with van der Waals surface area (Å²) in [4.78, 5) is 11.9. The van der Waals surface area contributed by atoms with E-state index >= 15 is 0 Å². The molecule has 0 heterocycles. The van der Waals surface area contributed by atoms with Crippen molar-refractivity contribution in [3.63, 3.8) is 0 Å². The molecule has 2 rings (SSSR count). The van der Waals surface area contributed by atoms with Crippen LogP contribution in [0.1, 0.15) is 15.9 Å². The van der Waals surface area contributed by atoms with E-state index in [-0.39, 0.29) is 5.78 Å². The summed E-state index contributed by atoms with van der Waals surface area (Å²) in [5.41, 5.74) is 1.50. The molecule has 2 aromatic rings. The van der Waals surface area contributed by atoms with Gasteiger partial charge in [0.15, 0.2) is 5.78 Å². The molecule has 0 saturated heterocycles. The molecule has 0 aliphatic carbocycles. The Kier molecular flexibility index (Phi) is 4.19. The molecule has 1 nitrogen and oxygen atoms in total. The third-order valence-electron chi connectivity index (χ3n) is 2.40. The Hall–Kier alpha value is -1.57. The molecule has 18 heavy (non-hydrogen) atoms. The molecule has 0 saturated carbocycles. The number of halogens is 2. The van der Waals surface area contributed by atoms with Crippen LogP contribution in [0, 0.1) is 0 Å². The van der Waals surface area contributed by atoms with Gasteiger partial charge in [-0.15, -0.1) is 0 Å². The summed E-state index contributed by atoms with van der Waals surface area (Å²) in [6, 6.07) is 14.1. The minimum atomic E-state index is -0.0633. The zero-order valence-corrected chi connectivity index (χ0v) is 10.9. The molecular formula is C15H10Cl2O. The van der Waals surface area contributed by atoms with Gasteiger partial charge in [0.1, 0.15) is 0 Å². The van der Waals surface area contributed by atoms with Crippen LogP contribution in [0.15, 0.2) is 54.6 Å². The lowest BCUT2D eigenvalue weighted by atomic mass is 10.1. The van der Waals surface area contributed by atoms with Crippen molar-refractivity contribution in [1.82, 2.24) is 0 Å². The van der Waals surface area contributed by atoms with Crippen molar-refractivity contribution < 1.29 is 4.79 Å². The normalized spacial score (nSPS) is 10.8. The zero-order chi connectivity index (χ0) is 13.0. The number of benzene rings is 2. The smallest absolute Gasteiger partial charge is 0.185 e. The summed E-state index contributed by atoms with van der Waals surface area (Å²) < 4.78 is 0. The molecule has 0 spiro atoms. The number of hydrogen-bond donors (Lipinski definition) is 0. The monoisotopic (exact) mass is 276 g/mol. The SMILES string of the molecule is O=C(/C=C\c1cccc(Cl)c1)c1ccc(Cl)cc1. The minimum absolute atomic E-state index is 0.0633. The summed E-state index contributed by atoms with van der Waals surface area (Å²) >= 11 is 11.6. The molecule has 2 aromatic carbocycles. The summed E-state index contributed by atoms with van der Waals surface area (Å²) in [7, 11) is 0. The Morgan fingerprint density at radius 1 is 0.944 bits per heavy atom. The predicted molar refractivity (Wildman–Crippen MR) is 76.3 cm³/mol. The van der Waals surface area contributed by atoms with Crippen LogP contribution in [0.2, 0.25) is 10.0 Å². The van der Waals surface area contributed by atoms with Gasteiger partial charge in [-0.05, 0) is 48.0 Å². The molecule has 90 valence electrons. The maximum absolute atomic E-state index is 11.9. The van der Waals surface area contributed by atoms with Crippen LogP contribution in [-0.2, 0) is 0 Å². The van der Waals surface area contributed by atoms with Crippen LogP contribution in [0.5, 0.6) is 0 Å². The van der Waals surface area contributed by atoms with E-state index in [1.54, 1.807) is 42.5 Å². The minimum Gasteiger partial charge on any atom is -0.289 e. The zero-order valence-electron chi connectivity index (χ0n) is 9.44. The standard InChI is InChI=1S/C15H10Cl2O/c16-13-7-5-12(6-8-13)15(18)9-4-11-2-1-3-14(17)10-11/h1-10H/b9-4-. The number of hydrogen-bond acceptors (Lipinski definition) is 1. The highest BCUT2D eigenvalue weighted by molar-refractivity contribution is 6.31. The van der Waals surface area contributed by atoms with Crippen LogP contribution in [-0.4, -0.2) is 5.78 Å². The molecule has 0 amide bonds. The first kappa shape index (κ1) is 12.9. The second-order valence-electron chi connectivity index (χ2n) is 3.76. The summed E-state index contributed by atoms with van der Waals surface area (Å²) in [6.45, 7) is 0. The van der Waals surface area contributed by atoms with Gasteiger partial charge in [0.05, 0.1) is 0 Å². The highest BCUT2D eigenvalue weighted by atomic mass is 35.5. The van der Waals surface area contributed by atoms with Crippen LogP contribution >= 0.6 is 23.2 Å². The van der Waals surface area contributed by atoms with Crippen molar-refractivity contribution in [2.45, 2.75) is 0 Å². The lowest BCUT2D eigenvalue weighted by molar-refractivity contribution is 0.104. The van der Waals surface area contributed by atoms with E-state index in [2.05, 4.69) is 0 Å². The van der Waals surface area contributed by atoms with E-state index in [0.717, 1.165) is 5.56 Å². The Morgan fingerprint density at radius 3 is 2.33 bits per heavy atom. The molecule has 0 radical (unpaired) electrons. The number of carbonyl (C=O) groups excluding carboxylic acids is 1. The topological polar surface area (TPSA) is 17.1 Å². The molecule has 0 bridgehead atoms. The maximum atomic E-state index is 11.9. The Balaban J connectivity index is 2.14. The van der Waals surface area contributed by atoms with Gasteiger partial charge in [0.25, 0.3) is 0 Å². The molecule has 0 aliphatic rings. The van der Waals surface area contributed by atoms with Gasteiger partial charge in [0, 0.05) is 15.6 Å². The largest absolute Gasteiger partial charge is 0.289 e. The van der Waals surface area contributed by atoms with Crippen molar-refractivity contribution >= 4 is 35.1 Å². The third kappa shape index (κ3) is 3.46. The highest BCUT2D eigenvalue weighted by Crippen LogP contribution is 2.13. The van der Waals surface area contributed by atoms with Gasteiger partial charge in [-0.1, -0.05) is 41.4 Å². The van der Waals surface area contributed by atoms with Gasteiger partial charge < -0.3 is 0 Å². The number of ketones is 1. The summed E-state index contributed by atoms with van der Waals surface area (Å²) in [5.74, 6) is -0.0633. The fourth-order valence-corrected chi connectivity index (χ4v) is 1.82. The van der Waals surface area contributed by atoms with Crippen molar-refractivity contribution in [2.24, 2.45) is 0 Å². The third-order valence-corrected chi connectivity index (χ3v) is 2.89. The fourth-order valence-electron chi connectivity index (χ4n) is 1.49. The lowest BCUT2D eigenvalue weighted by Gasteiger charge is -1.96. The Labute approximate surface area is 116 Å². The second-order valence-corrected chi connectivity index (χ2v) is 4.63. The molecular weight excluding hydrogens is 267 g/mol. The Bertz CT molecular complexity index is 586. The van der Waals surface area contributed by atoms with E-state index in [9.17, 15) is 4.79 Å². The van der Waals surface area contributed by atoms with Gasteiger partial charge in [-0.25, -0.2) is 0 Å². The first-order valence-corrected chi connectivity index (χ1v) is 6.14. The molecule has 0 atom stereocenters. The maximum Gasteiger partial charge on any atom is 0.185 e. The number of allylic oxidation sites excluding steroid dienone is 1. The van der Waals surface area contributed by atoms with Crippen LogP contribution in [0.4, 0.5) is 0 Å². The average molecular weight is 277 g/mol. The summed E-state index contributed by atoms with van der Waals surface area (Å²) in [6.07, 6.45) is 3.26. The molecule has 0 aliphatic heterocycles. The van der Waals surface area contributed by atoms with Crippen molar-refractivity contribution in [3.8, 4) is 0 Å². The molecule has 0 unspecified atom stereocenters. The molecule has 3 heteroatoms. The van der Waals surface area contributed by atoms with Crippen LogP contribution in [0.3, 0.4) is 0 Å². The van der Waals surface area contributed by atoms with Crippen molar-refractivity contribution in [1.29, 1.82) is 0 Å². The van der Waals surface area contributed by atoms with E-state index < -0.39 is 0 Å². The average Bonchev–Trinajstić information content (AvgIpc) is 2.37. The molecule has 0 N–H and O–H groups in total. The predicted octanol–water partition coefficient (Wildman–Crippen LogP) is 4.89. The highest BCUT2D eigenvalue weighted by Gasteiger charge is 2.00. The first-order chi connectivity index (χ1) is 8.65. The Morgan fingerprint density at radius 2 is 1.67 bits per heavy atom. The van der Waals surface area contributed by atoms with E-state index in [0.29, 0.717) is 15.6 Å². The van der Waals surface area contributed by atoms with Gasteiger partial charge in [0.2, 0.25) is 0 Å². The van der Waals surface area contributed by atoms with Crippen LogP contribution < -0.4 is 0 Å². The lowest BCUT2D eigenvalue weighted by Crippen LogP contribution is -1.92. The first-order valence-electron chi connectivity index (χ1n) is 5.39. The van der Waals surface area contributed by atoms with Gasteiger partial charge in [-0.2, -0.15) is 0 Å². The fraction of sp³-hybridized carbons (Fsp3) is 0. The quantitative estimate of drug-likeness (QED) is 0.576. The van der Waals surface area contributed by atoms with Crippen LogP contribution in [0.25, 0.3) is 6.08 Å². The molecule has 0 fully saturated rings. The molecule has 0 aromatic heterocycles. The number of carbonyl (C=O) groups is 1. The van der Waals surface area contributed by atoms with E-state index in [1.807, 2.05) is 12.1 Å². The van der Waals surface area contributed by atoms with Gasteiger partial charge >= 0.3 is 0 Å². The van der Waals surface area contributed by atoms with Crippen molar-refractivity contribution in [2.75, 3.05) is 0 Å². The van der Waals surface area contributed by atoms with Crippen molar-refractivity contribution in [3.05, 3.63) is 75.8 Å². The number of rotatable bonds is 3. The second kappa shape index (κ2) is 5.85. The summed E-state index contributed by atoms with van der Waals surface area (Å²) in [5, 5.41) is 1.27. The van der Waals surface area contributed by atoms with E-state index in [1.165, 1.54) is 6.08 Å².